The summed E-state index contributed by atoms with van der Waals surface area (Å²) in [6.07, 6.45) is 0. The summed E-state index contributed by atoms with van der Waals surface area (Å²) in [5, 5.41) is 12.0. The first-order valence-corrected chi connectivity index (χ1v) is 13.1. The molecule has 4 heteroatoms. The van der Waals surface area contributed by atoms with Gasteiger partial charge >= 0.3 is 0 Å². The van der Waals surface area contributed by atoms with Crippen LogP contribution in [0.2, 0.25) is 0 Å². The Bertz CT molecular complexity index is 1330. The molecule has 5 aromatic rings. The first-order valence-electron chi connectivity index (χ1n) is 10.8. The van der Waals surface area contributed by atoms with Gasteiger partial charge in [0.15, 0.2) is 0 Å². The molecule has 1 N–H and O–H groups in total. The van der Waals surface area contributed by atoms with Crippen molar-refractivity contribution < 1.29 is 5.11 Å². The van der Waals surface area contributed by atoms with Crippen molar-refractivity contribution in [3.05, 3.63) is 123 Å². The number of phenolic OH excluding ortho intramolecular Hbond substituents is 1. The average Bonchev–Trinajstić information content (AvgIpc) is 2.87. The second kappa shape index (κ2) is 9.91. The van der Waals surface area contributed by atoms with E-state index in [-0.39, 0.29) is 5.75 Å². The van der Waals surface area contributed by atoms with Crippen LogP contribution in [0.25, 0.3) is 44.5 Å². The van der Waals surface area contributed by atoms with Crippen molar-refractivity contribution in [2.45, 2.75) is 0 Å². The van der Waals surface area contributed by atoms with Crippen LogP contribution in [0.4, 0.5) is 0 Å². The number of halogens is 3. The number of hydrogen-bond acceptors (Lipinski definition) is 1. The van der Waals surface area contributed by atoms with E-state index in [0.29, 0.717) is 0 Å². The molecule has 0 heterocycles. The van der Waals surface area contributed by atoms with Gasteiger partial charge in [0.25, 0.3) is 0 Å². The summed E-state index contributed by atoms with van der Waals surface area (Å²) in [6, 6.07) is 36.6. The summed E-state index contributed by atoms with van der Waals surface area (Å²) in [5.74, 6) is 0.255. The van der Waals surface area contributed by atoms with Gasteiger partial charge in [-0.15, -0.1) is 0 Å². The molecular weight excluding hydrogens is 616 g/mol. The van der Waals surface area contributed by atoms with Crippen LogP contribution in [0.3, 0.4) is 0 Å². The van der Waals surface area contributed by atoms with Gasteiger partial charge in [-0.2, -0.15) is 0 Å². The first kappa shape index (κ1) is 23.1. The molecule has 0 saturated carbocycles. The Hall–Kier alpha value is -2.66. The smallest absolute Gasteiger partial charge is 0.132 e. The molecule has 0 bridgehead atoms. The number of phenols is 1. The maximum atomic E-state index is 12.0. The van der Waals surface area contributed by atoms with Gasteiger partial charge < -0.3 is 5.11 Å². The van der Waals surface area contributed by atoms with E-state index in [4.69, 9.17) is 0 Å². The number of rotatable bonds is 4. The minimum absolute atomic E-state index is 0.255. The van der Waals surface area contributed by atoms with E-state index in [1.165, 1.54) is 0 Å². The lowest BCUT2D eigenvalue weighted by molar-refractivity contribution is 0.479. The quantitative estimate of drug-likeness (QED) is 0.209. The van der Waals surface area contributed by atoms with Gasteiger partial charge in [-0.3, -0.25) is 0 Å². The SMILES string of the molecule is Oc1c(-c2ccc(Br)cc2)c(-c2ccccc2)c(Br)c(-c2ccccc2)c1-c1ccc(Br)cc1. The zero-order valence-electron chi connectivity index (χ0n) is 18.0. The predicted octanol–water partition coefficient (Wildman–Crippen LogP) is 10.3. The Morgan fingerprint density at radius 2 is 0.706 bits per heavy atom. The van der Waals surface area contributed by atoms with Crippen molar-refractivity contribution >= 4 is 47.8 Å². The van der Waals surface area contributed by atoms with Crippen molar-refractivity contribution in [3.63, 3.8) is 0 Å². The van der Waals surface area contributed by atoms with Gasteiger partial charge in [0.05, 0.1) is 0 Å². The van der Waals surface area contributed by atoms with Gasteiger partial charge in [0.2, 0.25) is 0 Å². The van der Waals surface area contributed by atoms with Crippen molar-refractivity contribution in [2.75, 3.05) is 0 Å². The van der Waals surface area contributed by atoms with Crippen LogP contribution in [-0.2, 0) is 0 Å². The molecule has 0 saturated heterocycles. The standard InChI is InChI=1S/C30H19Br3O/c31-23-15-11-21(12-16-23)27-25(19-7-3-1-4-8-19)29(33)26(20-9-5-2-6-10-20)28(30(27)34)22-13-17-24(32)18-14-22/h1-18,34H. The molecule has 1 nitrogen and oxygen atoms in total. The van der Waals surface area contributed by atoms with E-state index < -0.39 is 0 Å². The fourth-order valence-electron chi connectivity index (χ4n) is 4.25. The van der Waals surface area contributed by atoms with Crippen LogP contribution in [-0.4, -0.2) is 5.11 Å². The summed E-state index contributed by atoms with van der Waals surface area (Å²) in [6.45, 7) is 0. The fourth-order valence-corrected chi connectivity index (χ4v) is 5.64. The molecular formula is C30H19Br3O. The minimum atomic E-state index is 0.255. The maximum absolute atomic E-state index is 12.0. The topological polar surface area (TPSA) is 20.2 Å². The highest BCUT2D eigenvalue weighted by Crippen LogP contribution is 2.54. The third kappa shape index (κ3) is 4.38. The second-order valence-corrected chi connectivity index (χ2v) is 10.5. The fraction of sp³-hybridized carbons (Fsp3) is 0. The van der Waals surface area contributed by atoms with Gasteiger partial charge in [-0.1, -0.05) is 117 Å². The Morgan fingerprint density at radius 3 is 1.06 bits per heavy atom. The second-order valence-electron chi connectivity index (χ2n) is 7.91. The van der Waals surface area contributed by atoms with Crippen LogP contribution in [0.1, 0.15) is 0 Å². The molecule has 0 atom stereocenters. The Kier molecular flexibility index (Phi) is 6.73. The van der Waals surface area contributed by atoms with Crippen molar-refractivity contribution in [1.82, 2.24) is 0 Å². The normalized spacial score (nSPS) is 10.9. The van der Waals surface area contributed by atoms with E-state index in [9.17, 15) is 5.11 Å². The Balaban J connectivity index is 1.95. The van der Waals surface area contributed by atoms with Crippen molar-refractivity contribution in [1.29, 1.82) is 0 Å². The van der Waals surface area contributed by atoms with E-state index in [1.807, 2.05) is 84.9 Å². The number of hydrogen-bond donors (Lipinski definition) is 1. The molecule has 0 unspecified atom stereocenters. The van der Waals surface area contributed by atoms with Gasteiger partial charge in [0.1, 0.15) is 5.75 Å². The molecule has 34 heavy (non-hydrogen) atoms. The molecule has 5 rings (SSSR count). The Morgan fingerprint density at radius 1 is 0.382 bits per heavy atom. The predicted molar refractivity (Wildman–Crippen MR) is 153 cm³/mol. The molecule has 0 spiro atoms. The number of benzene rings is 5. The average molecular weight is 635 g/mol. The van der Waals surface area contributed by atoms with E-state index >= 15 is 0 Å². The zero-order valence-corrected chi connectivity index (χ0v) is 22.7. The molecule has 166 valence electrons. The van der Waals surface area contributed by atoms with Crippen molar-refractivity contribution in [2.24, 2.45) is 0 Å². The lowest BCUT2D eigenvalue weighted by atomic mass is 9.84. The molecule has 0 aliphatic heterocycles. The van der Waals surface area contributed by atoms with Crippen LogP contribution in [0.15, 0.2) is 123 Å². The maximum Gasteiger partial charge on any atom is 0.132 e. The van der Waals surface area contributed by atoms with Gasteiger partial charge in [-0.05, 0) is 62.4 Å². The molecule has 0 amide bonds. The third-order valence-electron chi connectivity index (χ3n) is 5.80. The summed E-state index contributed by atoms with van der Waals surface area (Å²) in [5.41, 5.74) is 7.45. The van der Waals surface area contributed by atoms with Crippen LogP contribution < -0.4 is 0 Å². The van der Waals surface area contributed by atoms with E-state index in [1.54, 1.807) is 0 Å². The molecule has 0 fully saturated rings. The van der Waals surface area contributed by atoms with Crippen molar-refractivity contribution in [3.8, 4) is 50.3 Å². The van der Waals surface area contributed by atoms with E-state index in [2.05, 4.69) is 72.1 Å². The monoisotopic (exact) mass is 632 g/mol. The van der Waals surface area contributed by atoms with Crippen LogP contribution >= 0.6 is 47.8 Å². The van der Waals surface area contributed by atoms with Gasteiger partial charge in [0, 0.05) is 35.7 Å². The first-order chi connectivity index (χ1) is 16.5. The Labute approximate surface area is 224 Å². The van der Waals surface area contributed by atoms with E-state index in [0.717, 1.165) is 57.9 Å². The van der Waals surface area contributed by atoms with Crippen LogP contribution in [0.5, 0.6) is 5.75 Å². The zero-order chi connectivity index (χ0) is 23.7. The highest BCUT2D eigenvalue weighted by atomic mass is 79.9. The summed E-state index contributed by atoms with van der Waals surface area (Å²) in [7, 11) is 0. The summed E-state index contributed by atoms with van der Waals surface area (Å²) >= 11 is 11.1. The van der Waals surface area contributed by atoms with Crippen LogP contribution in [0, 0.1) is 0 Å². The summed E-state index contributed by atoms with van der Waals surface area (Å²) < 4.78 is 2.92. The minimum Gasteiger partial charge on any atom is -0.507 e. The molecule has 0 aliphatic rings. The molecule has 0 aromatic heterocycles. The highest BCUT2D eigenvalue weighted by Gasteiger charge is 2.26. The summed E-state index contributed by atoms with van der Waals surface area (Å²) in [4.78, 5) is 0. The lowest BCUT2D eigenvalue weighted by Gasteiger charge is -2.23. The number of aromatic hydroxyl groups is 1. The molecule has 0 radical (unpaired) electrons. The molecule has 0 aliphatic carbocycles. The third-order valence-corrected chi connectivity index (χ3v) is 7.65. The largest absolute Gasteiger partial charge is 0.507 e. The lowest BCUT2D eigenvalue weighted by Crippen LogP contribution is -1.96. The molecule has 5 aromatic carbocycles. The highest BCUT2D eigenvalue weighted by molar-refractivity contribution is 9.11. The van der Waals surface area contributed by atoms with Gasteiger partial charge in [-0.25, -0.2) is 0 Å².